The van der Waals surface area contributed by atoms with Gasteiger partial charge in [0.25, 0.3) is 0 Å². The second-order valence-corrected chi connectivity index (χ2v) is 6.01. The fourth-order valence-electron chi connectivity index (χ4n) is 2.64. The molecule has 6 nitrogen and oxygen atoms in total. The van der Waals surface area contributed by atoms with Crippen LogP contribution in [0.2, 0.25) is 0 Å². The number of furan rings is 1. The fraction of sp³-hybridized carbons (Fsp3) is 0.389. The summed E-state index contributed by atoms with van der Waals surface area (Å²) in [5.74, 6) is 2.31. The van der Waals surface area contributed by atoms with E-state index in [2.05, 4.69) is 5.32 Å². The van der Waals surface area contributed by atoms with Crippen LogP contribution in [0, 0.1) is 0 Å². The number of likely N-dealkylation sites (N-methyl/N-ethyl adjacent to an activating group) is 1. The number of carbonyl (C=O) groups excluding carboxylic acids is 1. The van der Waals surface area contributed by atoms with E-state index < -0.39 is 0 Å². The first-order valence-corrected chi connectivity index (χ1v) is 8.04. The highest BCUT2D eigenvalue weighted by molar-refractivity contribution is 5.74. The Bertz CT molecular complexity index is 671. The van der Waals surface area contributed by atoms with Crippen molar-refractivity contribution < 1.29 is 18.7 Å². The van der Waals surface area contributed by atoms with Gasteiger partial charge >= 0.3 is 6.03 Å². The van der Waals surface area contributed by atoms with Gasteiger partial charge in [-0.05, 0) is 31.2 Å². The lowest BCUT2D eigenvalue weighted by atomic mass is 10.2. The third kappa shape index (κ3) is 4.01. The summed E-state index contributed by atoms with van der Waals surface area (Å²) in [5, 5.41) is 2.96. The molecule has 128 valence electrons. The van der Waals surface area contributed by atoms with Crippen LogP contribution in [-0.2, 0) is 6.42 Å². The number of rotatable bonds is 5. The van der Waals surface area contributed by atoms with E-state index in [-0.39, 0.29) is 18.2 Å². The number of hydrogen-bond acceptors (Lipinski definition) is 4. The standard InChI is InChI=1S/C18H22N2O4/c1-13(10-14-6-5-9-22-14)19-18(21)20(2)11-15-12-23-16-7-3-4-8-17(16)24-15/h3-9,13,15H,10-12H2,1-2H3,(H,19,21)/t13-,15+/m0/s1. The average Bonchev–Trinajstić information content (AvgIpc) is 3.07. The Balaban J connectivity index is 1.48. The Hall–Kier alpha value is -2.63. The fourth-order valence-corrected chi connectivity index (χ4v) is 2.64. The summed E-state index contributed by atoms with van der Waals surface area (Å²) in [6, 6.07) is 11.1. The van der Waals surface area contributed by atoms with Crippen LogP contribution in [0.3, 0.4) is 0 Å². The zero-order chi connectivity index (χ0) is 16.9. The van der Waals surface area contributed by atoms with Crippen molar-refractivity contribution in [3.8, 4) is 11.5 Å². The predicted molar refractivity (Wildman–Crippen MR) is 89.4 cm³/mol. The zero-order valence-corrected chi connectivity index (χ0v) is 13.9. The molecule has 3 rings (SSSR count). The van der Waals surface area contributed by atoms with E-state index in [9.17, 15) is 4.79 Å². The lowest BCUT2D eigenvalue weighted by molar-refractivity contribution is 0.0713. The van der Waals surface area contributed by atoms with Crippen LogP contribution in [0.4, 0.5) is 4.79 Å². The van der Waals surface area contributed by atoms with Gasteiger partial charge in [0.2, 0.25) is 0 Å². The molecule has 1 aromatic carbocycles. The molecule has 0 aliphatic carbocycles. The van der Waals surface area contributed by atoms with Crippen LogP contribution in [0.5, 0.6) is 11.5 Å². The van der Waals surface area contributed by atoms with Crippen molar-refractivity contribution in [2.24, 2.45) is 0 Å². The molecule has 6 heteroatoms. The van der Waals surface area contributed by atoms with Crippen molar-refractivity contribution in [2.45, 2.75) is 25.5 Å². The maximum Gasteiger partial charge on any atom is 0.317 e. The molecule has 0 radical (unpaired) electrons. The molecule has 0 unspecified atom stereocenters. The first kappa shape index (κ1) is 16.2. The van der Waals surface area contributed by atoms with Gasteiger partial charge in [0.05, 0.1) is 12.8 Å². The Kier molecular flexibility index (Phi) is 4.93. The average molecular weight is 330 g/mol. The molecular weight excluding hydrogens is 308 g/mol. The Labute approximate surface area is 141 Å². The third-order valence-corrected chi connectivity index (χ3v) is 3.85. The Morgan fingerprint density at radius 1 is 1.29 bits per heavy atom. The van der Waals surface area contributed by atoms with Gasteiger partial charge in [0.1, 0.15) is 12.4 Å². The van der Waals surface area contributed by atoms with Crippen molar-refractivity contribution in [1.29, 1.82) is 0 Å². The molecule has 0 bridgehead atoms. The normalized spacial score (nSPS) is 17.2. The molecule has 2 heterocycles. The second-order valence-electron chi connectivity index (χ2n) is 6.01. The number of ether oxygens (including phenoxy) is 2. The monoisotopic (exact) mass is 330 g/mol. The van der Waals surface area contributed by atoms with Crippen molar-refractivity contribution in [3.63, 3.8) is 0 Å². The van der Waals surface area contributed by atoms with E-state index in [1.54, 1.807) is 18.2 Å². The SMILES string of the molecule is C[C@@H](Cc1ccco1)NC(=O)N(C)C[C@@H]1COc2ccccc2O1. The first-order valence-electron chi connectivity index (χ1n) is 8.04. The summed E-state index contributed by atoms with van der Waals surface area (Å²) in [4.78, 5) is 13.9. The molecular formula is C18H22N2O4. The highest BCUT2D eigenvalue weighted by atomic mass is 16.6. The van der Waals surface area contributed by atoms with E-state index in [4.69, 9.17) is 13.9 Å². The molecule has 2 atom stereocenters. The molecule has 0 fully saturated rings. The van der Waals surface area contributed by atoms with Crippen LogP contribution in [0.15, 0.2) is 47.1 Å². The molecule has 1 aliphatic rings. The number of carbonyl (C=O) groups is 1. The van der Waals surface area contributed by atoms with Gasteiger partial charge in [-0.2, -0.15) is 0 Å². The van der Waals surface area contributed by atoms with Gasteiger partial charge < -0.3 is 24.1 Å². The van der Waals surface area contributed by atoms with Gasteiger partial charge in [-0.3, -0.25) is 0 Å². The molecule has 0 saturated carbocycles. The van der Waals surface area contributed by atoms with Crippen molar-refractivity contribution >= 4 is 6.03 Å². The summed E-state index contributed by atoms with van der Waals surface area (Å²) < 4.78 is 16.9. The lowest BCUT2D eigenvalue weighted by Gasteiger charge is -2.30. The predicted octanol–water partition coefficient (Wildman–Crippen LogP) is 2.69. The quantitative estimate of drug-likeness (QED) is 0.915. The van der Waals surface area contributed by atoms with Crippen molar-refractivity contribution in [2.75, 3.05) is 20.2 Å². The summed E-state index contributed by atoms with van der Waals surface area (Å²) in [7, 11) is 1.75. The summed E-state index contributed by atoms with van der Waals surface area (Å²) in [5.41, 5.74) is 0. The smallest absolute Gasteiger partial charge is 0.317 e. The molecule has 2 amide bonds. The van der Waals surface area contributed by atoms with Gasteiger partial charge in [0.15, 0.2) is 17.6 Å². The molecule has 0 spiro atoms. The molecule has 24 heavy (non-hydrogen) atoms. The number of amides is 2. The number of nitrogens with one attached hydrogen (secondary N) is 1. The van der Waals surface area contributed by atoms with Crippen LogP contribution >= 0.6 is 0 Å². The van der Waals surface area contributed by atoms with Gasteiger partial charge in [-0.25, -0.2) is 4.79 Å². The molecule has 1 aliphatic heterocycles. The number of benzene rings is 1. The minimum Gasteiger partial charge on any atom is -0.486 e. The van der Waals surface area contributed by atoms with Crippen LogP contribution in [0.25, 0.3) is 0 Å². The highest BCUT2D eigenvalue weighted by Crippen LogP contribution is 2.30. The maximum atomic E-state index is 12.3. The number of para-hydroxylation sites is 2. The van der Waals surface area contributed by atoms with E-state index >= 15 is 0 Å². The van der Waals surface area contributed by atoms with E-state index in [0.29, 0.717) is 25.3 Å². The number of urea groups is 1. The Morgan fingerprint density at radius 3 is 2.83 bits per heavy atom. The first-order chi connectivity index (χ1) is 11.6. The molecule has 1 N–H and O–H groups in total. The van der Waals surface area contributed by atoms with Crippen molar-refractivity contribution in [1.82, 2.24) is 10.2 Å². The summed E-state index contributed by atoms with van der Waals surface area (Å²) in [6.45, 7) is 2.83. The summed E-state index contributed by atoms with van der Waals surface area (Å²) >= 11 is 0. The van der Waals surface area contributed by atoms with E-state index in [1.807, 2.05) is 43.3 Å². The van der Waals surface area contributed by atoms with Crippen molar-refractivity contribution in [3.05, 3.63) is 48.4 Å². The summed E-state index contributed by atoms with van der Waals surface area (Å²) in [6.07, 6.45) is 2.10. The van der Waals surface area contributed by atoms with Gasteiger partial charge in [-0.15, -0.1) is 0 Å². The van der Waals surface area contributed by atoms with Crippen LogP contribution in [-0.4, -0.2) is 43.3 Å². The van der Waals surface area contributed by atoms with E-state index in [0.717, 1.165) is 11.5 Å². The number of nitrogens with zero attached hydrogens (tertiary/aromatic N) is 1. The van der Waals surface area contributed by atoms with Crippen LogP contribution < -0.4 is 14.8 Å². The van der Waals surface area contributed by atoms with Crippen LogP contribution in [0.1, 0.15) is 12.7 Å². The van der Waals surface area contributed by atoms with Gasteiger partial charge in [-0.1, -0.05) is 12.1 Å². The zero-order valence-electron chi connectivity index (χ0n) is 13.9. The molecule has 2 aromatic rings. The molecule has 0 saturated heterocycles. The van der Waals surface area contributed by atoms with Gasteiger partial charge in [0, 0.05) is 19.5 Å². The largest absolute Gasteiger partial charge is 0.486 e. The van der Waals surface area contributed by atoms with E-state index in [1.165, 1.54) is 0 Å². The third-order valence-electron chi connectivity index (χ3n) is 3.85. The Morgan fingerprint density at radius 2 is 2.08 bits per heavy atom. The minimum absolute atomic E-state index is 0.0182. The topological polar surface area (TPSA) is 63.9 Å². The molecule has 1 aromatic heterocycles. The minimum atomic E-state index is -0.184. The highest BCUT2D eigenvalue weighted by Gasteiger charge is 2.24. The maximum absolute atomic E-state index is 12.3. The number of hydrogen-bond donors (Lipinski definition) is 1. The number of fused-ring (bicyclic) bond motifs is 1. The lowest BCUT2D eigenvalue weighted by Crippen LogP contribution is -2.48. The second kappa shape index (κ2) is 7.29.